The van der Waals surface area contributed by atoms with Crippen LogP contribution in [0.15, 0.2) is 29.8 Å². The Hall–Kier alpha value is -1.28. The van der Waals surface area contributed by atoms with Crippen LogP contribution in [0.4, 0.5) is 0 Å². The van der Waals surface area contributed by atoms with Crippen LogP contribution in [0.25, 0.3) is 5.57 Å². The summed E-state index contributed by atoms with van der Waals surface area (Å²) in [7, 11) is 0. The number of ether oxygens (including phenoxy) is 1. The highest BCUT2D eigenvalue weighted by Gasteiger charge is 2.22. The van der Waals surface area contributed by atoms with E-state index in [2.05, 4.69) is 0 Å². The van der Waals surface area contributed by atoms with E-state index >= 15 is 0 Å². The summed E-state index contributed by atoms with van der Waals surface area (Å²) in [6.07, 6.45) is 2.78. The lowest BCUT2D eigenvalue weighted by atomic mass is 10.0. The van der Waals surface area contributed by atoms with Gasteiger partial charge in [-0.25, -0.2) is 4.79 Å². The molecule has 3 heteroatoms. The molecule has 0 aromatic heterocycles. The van der Waals surface area contributed by atoms with Crippen LogP contribution < -0.4 is 0 Å². The molecule has 0 aliphatic heterocycles. The van der Waals surface area contributed by atoms with Gasteiger partial charge in [0.2, 0.25) is 0 Å². The van der Waals surface area contributed by atoms with E-state index < -0.39 is 0 Å². The highest BCUT2D eigenvalue weighted by Crippen LogP contribution is 2.34. The van der Waals surface area contributed by atoms with Crippen molar-refractivity contribution in [2.45, 2.75) is 26.2 Å². The van der Waals surface area contributed by atoms with Crippen molar-refractivity contribution >= 4 is 23.1 Å². The zero-order valence-corrected chi connectivity index (χ0v) is 10.6. The van der Waals surface area contributed by atoms with Gasteiger partial charge in [0.15, 0.2) is 0 Å². The molecule has 0 fully saturated rings. The third kappa shape index (κ3) is 2.70. The van der Waals surface area contributed by atoms with Gasteiger partial charge in [-0.2, -0.15) is 0 Å². The minimum atomic E-state index is -0.171. The average molecular weight is 251 g/mol. The second kappa shape index (κ2) is 5.37. The molecule has 0 N–H and O–H groups in total. The summed E-state index contributed by atoms with van der Waals surface area (Å²) >= 11 is 5.86. The minimum Gasteiger partial charge on any atom is -0.463 e. The summed E-state index contributed by atoms with van der Waals surface area (Å²) in [6.45, 7) is 2.26. The van der Waals surface area contributed by atoms with Crippen molar-refractivity contribution in [3.8, 4) is 0 Å². The van der Waals surface area contributed by atoms with Gasteiger partial charge in [-0.3, -0.25) is 0 Å². The van der Waals surface area contributed by atoms with Crippen molar-refractivity contribution < 1.29 is 9.53 Å². The van der Waals surface area contributed by atoms with E-state index in [4.69, 9.17) is 16.3 Å². The molecule has 2 rings (SSSR count). The van der Waals surface area contributed by atoms with Gasteiger partial charge in [0.1, 0.15) is 0 Å². The Morgan fingerprint density at radius 3 is 2.65 bits per heavy atom. The van der Waals surface area contributed by atoms with Gasteiger partial charge in [-0.05, 0) is 49.5 Å². The first-order valence-corrected chi connectivity index (χ1v) is 6.25. The lowest BCUT2D eigenvalue weighted by Crippen LogP contribution is -2.07. The van der Waals surface area contributed by atoms with Gasteiger partial charge in [-0.1, -0.05) is 23.7 Å². The highest BCUT2D eigenvalue weighted by atomic mass is 35.5. The Kier molecular flexibility index (Phi) is 3.85. The third-order valence-electron chi connectivity index (χ3n) is 2.93. The number of benzene rings is 1. The maximum Gasteiger partial charge on any atom is 0.334 e. The van der Waals surface area contributed by atoms with Crippen molar-refractivity contribution in [3.05, 3.63) is 40.4 Å². The quantitative estimate of drug-likeness (QED) is 0.762. The van der Waals surface area contributed by atoms with Crippen LogP contribution in [0.2, 0.25) is 5.02 Å². The van der Waals surface area contributed by atoms with Gasteiger partial charge in [-0.15, -0.1) is 0 Å². The molecule has 17 heavy (non-hydrogen) atoms. The Labute approximate surface area is 106 Å². The first-order chi connectivity index (χ1) is 8.22. The second-order valence-electron chi connectivity index (χ2n) is 4.04. The monoisotopic (exact) mass is 250 g/mol. The van der Waals surface area contributed by atoms with Crippen molar-refractivity contribution in [2.75, 3.05) is 6.61 Å². The molecule has 1 aromatic rings. The number of allylic oxidation sites excluding steroid dienone is 1. The van der Waals surface area contributed by atoms with Gasteiger partial charge >= 0.3 is 5.97 Å². The van der Waals surface area contributed by atoms with Gasteiger partial charge in [0.25, 0.3) is 0 Å². The minimum absolute atomic E-state index is 0.171. The largest absolute Gasteiger partial charge is 0.463 e. The van der Waals surface area contributed by atoms with Crippen LogP contribution >= 0.6 is 11.6 Å². The summed E-state index contributed by atoms with van der Waals surface area (Å²) in [4.78, 5) is 11.8. The summed E-state index contributed by atoms with van der Waals surface area (Å²) in [5, 5.41) is 0.713. The van der Waals surface area contributed by atoms with E-state index in [1.165, 1.54) is 0 Å². The molecule has 0 radical (unpaired) electrons. The summed E-state index contributed by atoms with van der Waals surface area (Å²) in [5.74, 6) is -0.171. The van der Waals surface area contributed by atoms with Crippen molar-refractivity contribution in [2.24, 2.45) is 0 Å². The molecule has 1 aliphatic rings. The van der Waals surface area contributed by atoms with Gasteiger partial charge < -0.3 is 4.74 Å². The molecular weight excluding hydrogens is 236 g/mol. The van der Waals surface area contributed by atoms with Crippen molar-refractivity contribution in [1.82, 2.24) is 0 Å². The van der Waals surface area contributed by atoms with Crippen molar-refractivity contribution in [3.63, 3.8) is 0 Å². The van der Waals surface area contributed by atoms with E-state index in [9.17, 15) is 4.79 Å². The lowest BCUT2D eigenvalue weighted by Gasteiger charge is -2.07. The first kappa shape index (κ1) is 12.2. The zero-order chi connectivity index (χ0) is 12.3. The smallest absolute Gasteiger partial charge is 0.334 e. The predicted molar refractivity (Wildman–Crippen MR) is 68.9 cm³/mol. The molecule has 1 aromatic carbocycles. The van der Waals surface area contributed by atoms with Gasteiger partial charge in [0, 0.05) is 10.6 Å². The van der Waals surface area contributed by atoms with E-state index in [-0.39, 0.29) is 5.97 Å². The molecule has 0 amide bonds. The summed E-state index contributed by atoms with van der Waals surface area (Å²) in [6, 6.07) is 7.63. The lowest BCUT2D eigenvalue weighted by molar-refractivity contribution is -0.138. The standard InChI is InChI=1S/C14H15ClO2/c1-2-17-14(16)13-5-3-4-12(13)10-6-8-11(15)9-7-10/h6-9H,2-5H2,1H3. The topological polar surface area (TPSA) is 26.3 Å². The summed E-state index contributed by atoms with van der Waals surface area (Å²) in [5.41, 5.74) is 3.02. The van der Waals surface area contributed by atoms with Crippen LogP contribution in [0, 0.1) is 0 Å². The number of rotatable bonds is 3. The first-order valence-electron chi connectivity index (χ1n) is 5.87. The predicted octanol–water partition coefficient (Wildman–Crippen LogP) is 3.84. The molecule has 0 bridgehead atoms. The average Bonchev–Trinajstić information content (AvgIpc) is 2.79. The number of carbonyl (C=O) groups is 1. The highest BCUT2D eigenvalue weighted by molar-refractivity contribution is 6.30. The van der Waals surface area contributed by atoms with E-state index in [1.807, 2.05) is 31.2 Å². The van der Waals surface area contributed by atoms with Crippen LogP contribution in [-0.2, 0) is 9.53 Å². The number of halogens is 1. The third-order valence-corrected chi connectivity index (χ3v) is 3.18. The van der Waals surface area contributed by atoms with E-state index in [1.54, 1.807) is 0 Å². The normalized spacial score (nSPS) is 15.2. The fraction of sp³-hybridized carbons (Fsp3) is 0.357. The molecule has 0 spiro atoms. The molecule has 0 heterocycles. The summed E-state index contributed by atoms with van der Waals surface area (Å²) < 4.78 is 5.08. The van der Waals surface area contributed by atoms with Crippen LogP contribution in [-0.4, -0.2) is 12.6 Å². The SMILES string of the molecule is CCOC(=O)C1=C(c2ccc(Cl)cc2)CCC1. The maximum absolute atomic E-state index is 11.8. The Morgan fingerprint density at radius 1 is 1.29 bits per heavy atom. The van der Waals surface area contributed by atoms with Crippen LogP contribution in [0.5, 0.6) is 0 Å². The van der Waals surface area contributed by atoms with Crippen LogP contribution in [0.3, 0.4) is 0 Å². The zero-order valence-electron chi connectivity index (χ0n) is 9.83. The van der Waals surface area contributed by atoms with Crippen LogP contribution in [0.1, 0.15) is 31.7 Å². The van der Waals surface area contributed by atoms with Crippen molar-refractivity contribution in [1.29, 1.82) is 0 Å². The number of hydrogen-bond acceptors (Lipinski definition) is 2. The fourth-order valence-electron chi connectivity index (χ4n) is 2.16. The van der Waals surface area contributed by atoms with E-state index in [0.29, 0.717) is 11.6 Å². The molecule has 0 saturated carbocycles. The second-order valence-corrected chi connectivity index (χ2v) is 4.47. The number of esters is 1. The molecule has 2 nitrogen and oxygen atoms in total. The van der Waals surface area contributed by atoms with E-state index in [0.717, 1.165) is 36.0 Å². The fourth-order valence-corrected chi connectivity index (χ4v) is 2.28. The molecule has 0 saturated heterocycles. The number of carbonyl (C=O) groups excluding carboxylic acids is 1. The molecule has 0 unspecified atom stereocenters. The molecule has 90 valence electrons. The Balaban J connectivity index is 2.31. The molecule has 0 atom stereocenters. The molecule has 1 aliphatic carbocycles. The Bertz CT molecular complexity index is 446. The molecular formula is C14H15ClO2. The van der Waals surface area contributed by atoms with Gasteiger partial charge in [0.05, 0.1) is 6.61 Å². The Morgan fingerprint density at radius 2 is 2.00 bits per heavy atom. The maximum atomic E-state index is 11.8. The number of hydrogen-bond donors (Lipinski definition) is 0.